The summed E-state index contributed by atoms with van der Waals surface area (Å²) in [6.07, 6.45) is 2.62. The highest BCUT2D eigenvalue weighted by molar-refractivity contribution is 7.80. The normalized spacial score (nSPS) is 20.2. The second-order valence-electron chi connectivity index (χ2n) is 4.65. The van der Waals surface area contributed by atoms with Crippen LogP contribution in [-0.2, 0) is 4.74 Å². The summed E-state index contributed by atoms with van der Waals surface area (Å²) >= 11 is 5.36. The number of nitrogens with one attached hydrogen (secondary N) is 2. The van der Waals surface area contributed by atoms with Crippen molar-refractivity contribution in [1.29, 1.82) is 0 Å². The minimum Gasteiger partial charge on any atom is -0.383 e. The second-order valence-corrected chi connectivity index (χ2v) is 5.04. The van der Waals surface area contributed by atoms with E-state index in [9.17, 15) is 0 Å². The number of hydrazone groups is 1. The van der Waals surface area contributed by atoms with Crippen LogP contribution < -0.4 is 10.7 Å². The maximum Gasteiger partial charge on any atom is 0.189 e. The number of hydrogen-bond acceptors (Lipinski definition) is 5. The number of fused-ring (bicyclic) bond motifs is 1. The average molecular weight is 291 g/mol. The quantitative estimate of drug-likeness (QED) is 0.590. The molecule has 106 valence electrons. The number of morpholine rings is 1. The molecular formula is C13H17N5OS. The van der Waals surface area contributed by atoms with Gasteiger partial charge in [0, 0.05) is 32.3 Å². The van der Waals surface area contributed by atoms with E-state index in [2.05, 4.69) is 25.7 Å². The molecule has 0 bridgehead atoms. The Morgan fingerprint density at radius 3 is 3.15 bits per heavy atom. The predicted molar refractivity (Wildman–Crippen MR) is 82.0 cm³/mol. The number of aromatic nitrogens is 1. The SMILES string of the molecule is S=C(N/N=C1/CCNc2cccnc21)N1CCOCC1. The van der Waals surface area contributed by atoms with E-state index in [-0.39, 0.29) is 0 Å². The molecule has 0 atom stereocenters. The molecule has 0 radical (unpaired) electrons. The molecule has 3 heterocycles. The lowest BCUT2D eigenvalue weighted by molar-refractivity contribution is 0.0677. The Balaban J connectivity index is 1.69. The Morgan fingerprint density at radius 2 is 2.30 bits per heavy atom. The average Bonchev–Trinajstić information content (AvgIpc) is 2.53. The zero-order valence-corrected chi connectivity index (χ0v) is 11.9. The van der Waals surface area contributed by atoms with Gasteiger partial charge in [-0.3, -0.25) is 10.4 Å². The summed E-state index contributed by atoms with van der Waals surface area (Å²) in [4.78, 5) is 6.45. The smallest absolute Gasteiger partial charge is 0.189 e. The van der Waals surface area contributed by atoms with E-state index in [4.69, 9.17) is 17.0 Å². The van der Waals surface area contributed by atoms with E-state index in [1.165, 1.54) is 0 Å². The Bertz CT molecular complexity index is 527. The summed E-state index contributed by atoms with van der Waals surface area (Å²) in [6, 6.07) is 3.93. The van der Waals surface area contributed by atoms with Crippen molar-refractivity contribution in [2.45, 2.75) is 6.42 Å². The number of nitrogens with zero attached hydrogens (tertiary/aromatic N) is 3. The van der Waals surface area contributed by atoms with E-state index in [0.717, 1.165) is 43.1 Å². The molecule has 1 saturated heterocycles. The number of anilines is 1. The van der Waals surface area contributed by atoms with Crippen LogP contribution in [0.4, 0.5) is 5.69 Å². The van der Waals surface area contributed by atoms with Crippen LogP contribution in [0.25, 0.3) is 0 Å². The van der Waals surface area contributed by atoms with E-state index in [1.807, 2.05) is 12.1 Å². The molecule has 0 aromatic carbocycles. The lowest BCUT2D eigenvalue weighted by Crippen LogP contribution is -2.44. The minimum atomic E-state index is 0.650. The van der Waals surface area contributed by atoms with Gasteiger partial charge in [0.2, 0.25) is 0 Å². The predicted octanol–water partition coefficient (Wildman–Crippen LogP) is 0.808. The van der Waals surface area contributed by atoms with Crippen LogP contribution in [0.2, 0.25) is 0 Å². The summed E-state index contributed by atoms with van der Waals surface area (Å²) in [6.45, 7) is 3.92. The van der Waals surface area contributed by atoms with Crippen molar-refractivity contribution >= 4 is 28.7 Å². The summed E-state index contributed by atoms with van der Waals surface area (Å²) < 4.78 is 5.31. The standard InChI is InChI=1S/C13H17N5OS/c20-13(18-6-8-19-9-7-18)17-16-11-3-5-14-10-2-1-4-15-12(10)11/h1-2,4,14H,3,5-9H2,(H,17,20)/b16-11-. The number of pyridine rings is 1. The fourth-order valence-electron chi connectivity index (χ4n) is 2.27. The first-order valence-electron chi connectivity index (χ1n) is 6.73. The minimum absolute atomic E-state index is 0.650. The van der Waals surface area contributed by atoms with Crippen LogP contribution in [0.15, 0.2) is 23.4 Å². The van der Waals surface area contributed by atoms with Gasteiger partial charge in [0.1, 0.15) is 5.69 Å². The van der Waals surface area contributed by atoms with E-state index in [0.29, 0.717) is 18.3 Å². The molecule has 1 aromatic heterocycles. The highest BCUT2D eigenvalue weighted by Crippen LogP contribution is 2.18. The molecule has 0 saturated carbocycles. The number of hydrogen-bond donors (Lipinski definition) is 2. The number of ether oxygens (including phenoxy) is 1. The van der Waals surface area contributed by atoms with Gasteiger partial charge in [-0.2, -0.15) is 5.10 Å². The molecule has 1 aromatic rings. The summed E-state index contributed by atoms with van der Waals surface area (Å²) in [5.74, 6) is 0. The molecule has 2 aliphatic rings. The van der Waals surface area contributed by atoms with Crippen molar-refractivity contribution in [1.82, 2.24) is 15.3 Å². The van der Waals surface area contributed by atoms with Crippen LogP contribution >= 0.6 is 12.2 Å². The fraction of sp³-hybridized carbons (Fsp3) is 0.462. The lowest BCUT2D eigenvalue weighted by Gasteiger charge is -2.28. The van der Waals surface area contributed by atoms with Crippen molar-refractivity contribution in [3.8, 4) is 0 Å². The maximum absolute atomic E-state index is 5.36. The van der Waals surface area contributed by atoms with E-state index >= 15 is 0 Å². The lowest BCUT2D eigenvalue weighted by atomic mass is 10.1. The molecule has 7 heteroatoms. The van der Waals surface area contributed by atoms with Gasteiger partial charge >= 0.3 is 0 Å². The van der Waals surface area contributed by atoms with Crippen molar-refractivity contribution < 1.29 is 4.74 Å². The molecule has 0 amide bonds. The zero-order chi connectivity index (χ0) is 13.8. The van der Waals surface area contributed by atoms with Crippen LogP contribution in [-0.4, -0.2) is 53.6 Å². The van der Waals surface area contributed by atoms with Gasteiger partial charge in [-0.1, -0.05) is 0 Å². The molecule has 0 spiro atoms. The van der Waals surface area contributed by atoms with E-state index in [1.54, 1.807) is 6.20 Å². The Hall–Kier alpha value is -1.73. The van der Waals surface area contributed by atoms with Gasteiger partial charge in [-0.25, -0.2) is 0 Å². The third kappa shape index (κ3) is 2.88. The van der Waals surface area contributed by atoms with Crippen molar-refractivity contribution in [3.05, 3.63) is 24.0 Å². The zero-order valence-electron chi connectivity index (χ0n) is 11.1. The first kappa shape index (κ1) is 13.3. The third-order valence-electron chi connectivity index (χ3n) is 3.34. The first-order valence-corrected chi connectivity index (χ1v) is 7.14. The maximum atomic E-state index is 5.36. The van der Waals surface area contributed by atoms with Crippen LogP contribution in [0.1, 0.15) is 12.1 Å². The number of rotatable bonds is 1. The van der Waals surface area contributed by atoms with Gasteiger partial charge in [-0.05, 0) is 24.4 Å². The second kappa shape index (κ2) is 6.15. The summed E-state index contributed by atoms with van der Waals surface area (Å²) in [5, 5.41) is 8.40. The molecule has 2 N–H and O–H groups in total. The van der Waals surface area contributed by atoms with Crippen LogP contribution in [0.3, 0.4) is 0 Å². The molecular weight excluding hydrogens is 274 g/mol. The topological polar surface area (TPSA) is 61.8 Å². The van der Waals surface area contributed by atoms with Crippen molar-refractivity contribution in [2.24, 2.45) is 5.10 Å². The summed E-state index contributed by atoms with van der Waals surface area (Å²) in [5.41, 5.74) is 5.85. The van der Waals surface area contributed by atoms with E-state index < -0.39 is 0 Å². The molecule has 3 rings (SSSR count). The fourth-order valence-corrected chi connectivity index (χ4v) is 2.50. The van der Waals surface area contributed by atoms with Gasteiger partial charge in [0.15, 0.2) is 5.11 Å². The van der Waals surface area contributed by atoms with Crippen molar-refractivity contribution in [3.63, 3.8) is 0 Å². The Labute approximate surface area is 123 Å². The molecule has 1 fully saturated rings. The Kier molecular flexibility index (Phi) is 4.08. The molecule has 6 nitrogen and oxygen atoms in total. The number of thiocarbonyl (C=S) groups is 1. The van der Waals surface area contributed by atoms with Gasteiger partial charge in [-0.15, -0.1) is 0 Å². The molecule has 0 aliphatic carbocycles. The van der Waals surface area contributed by atoms with Gasteiger partial charge in [0.25, 0.3) is 0 Å². The Morgan fingerprint density at radius 1 is 1.45 bits per heavy atom. The van der Waals surface area contributed by atoms with Crippen LogP contribution in [0, 0.1) is 0 Å². The largest absolute Gasteiger partial charge is 0.383 e. The third-order valence-corrected chi connectivity index (χ3v) is 3.69. The molecule has 20 heavy (non-hydrogen) atoms. The first-order chi connectivity index (χ1) is 9.84. The van der Waals surface area contributed by atoms with Crippen LogP contribution in [0.5, 0.6) is 0 Å². The summed E-state index contributed by atoms with van der Waals surface area (Å²) in [7, 11) is 0. The van der Waals surface area contributed by atoms with Crippen molar-refractivity contribution in [2.75, 3.05) is 38.2 Å². The highest BCUT2D eigenvalue weighted by atomic mass is 32.1. The molecule has 2 aliphatic heterocycles. The molecule has 0 unspecified atom stereocenters. The monoisotopic (exact) mass is 291 g/mol. The highest BCUT2D eigenvalue weighted by Gasteiger charge is 2.17. The van der Waals surface area contributed by atoms with Gasteiger partial charge < -0.3 is 15.0 Å². The van der Waals surface area contributed by atoms with Gasteiger partial charge in [0.05, 0.1) is 24.6 Å².